The number of hydrogen-bond donors (Lipinski definition) is 6. The van der Waals surface area contributed by atoms with E-state index in [1.54, 1.807) is 36.7 Å². The van der Waals surface area contributed by atoms with E-state index in [2.05, 4.69) is 31.2 Å². The molecule has 0 bridgehead atoms. The number of hydrogen-bond acceptors (Lipinski definition) is 10. The van der Waals surface area contributed by atoms with Crippen LogP contribution in [0.4, 0.5) is 0 Å². The Balaban J connectivity index is 1.42. The van der Waals surface area contributed by atoms with E-state index in [9.17, 15) is 28.8 Å². The fourth-order valence-electron chi connectivity index (χ4n) is 5.18. The molecule has 0 spiro atoms. The quantitative estimate of drug-likeness (QED) is 0.0691. The molecule has 2 aromatic heterocycles. The van der Waals surface area contributed by atoms with Gasteiger partial charge in [-0.05, 0) is 62.1 Å². The van der Waals surface area contributed by atoms with E-state index in [1.165, 1.54) is 35.4 Å². The first-order chi connectivity index (χ1) is 24.0. The van der Waals surface area contributed by atoms with Gasteiger partial charge in [-0.3, -0.25) is 38.7 Å². The number of pyridine rings is 2. The third-order valence-electron chi connectivity index (χ3n) is 7.53. The summed E-state index contributed by atoms with van der Waals surface area (Å²) in [5.41, 5.74) is 12.9. The number of fused-ring (bicyclic) bond motifs is 2. The maximum atomic E-state index is 13.1. The third-order valence-corrected chi connectivity index (χ3v) is 9.96. The van der Waals surface area contributed by atoms with Crippen molar-refractivity contribution < 1.29 is 28.8 Å². The average molecular weight is 719 g/mol. The lowest BCUT2D eigenvalue weighted by Crippen LogP contribution is -2.43. The highest BCUT2D eigenvalue weighted by Crippen LogP contribution is 2.43. The van der Waals surface area contributed by atoms with Crippen LogP contribution in [0.1, 0.15) is 60.2 Å². The first-order valence-corrected chi connectivity index (χ1v) is 17.9. The predicted octanol–water partition coefficient (Wildman–Crippen LogP) is 2.58. The summed E-state index contributed by atoms with van der Waals surface area (Å²) < 4.78 is 0. The van der Waals surface area contributed by atoms with Gasteiger partial charge >= 0.3 is 0 Å². The molecule has 14 nitrogen and oxygen atoms in total. The Morgan fingerprint density at radius 2 is 1.04 bits per heavy atom. The van der Waals surface area contributed by atoms with Crippen molar-refractivity contribution in [1.82, 2.24) is 31.2 Å². The molecule has 4 aromatic rings. The first kappa shape index (κ1) is 37.6. The highest BCUT2D eigenvalue weighted by Gasteiger charge is 2.19. The van der Waals surface area contributed by atoms with Gasteiger partial charge in [-0.2, -0.15) is 0 Å². The van der Waals surface area contributed by atoms with E-state index in [-0.39, 0.29) is 36.7 Å². The SMILES string of the molecule is CC(=O)N[C@@H](CCCNC(=O)c1ccc(SSc2ccc(C(=O)NCCC[C@H](NC(C)=O)C(N)=O)c3cccnc23)c2ncccc12)C(N)=O. The topological polar surface area (TPSA) is 228 Å². The maximum absolute atomic E-state index is 13.1. The molecule has 16 heteroatoms. The number of aromatic nitrogens is 2. The summed E-state index contributed by atoms with van der Waals surface area (Å²) in [6.45, 7) is 3.17. The summed E-state index contributed by atoms with van der Waals surface area (Å²) >= 11 is 0. The second-order valence-electron chi connectivity index (χ2n) is 11.3. The van der Waals surface area contributed by atoms with Crippen LogP contribution >= 0.6 is 21.6 Å². The van der Waals surface area contributed by atoms with Gasteiger partial charge in [-0.1, -0.05) is 33.7 Å². The molecule has 0 radical (unpaired) electrons. The van der Waals surface area contributed by atoms with Gasteiger partial charge in [0.2, 0.25) is 23.6 Å². The van der Waals surface area contributed by atoms with Crippen molar-refractivity contribution in [1.29, 1.82) is 0 Å². The van der Waals surface area contributed by atoms with Crippen molar-refractivity contribution >= 4 is 78.8 Å². The Bertz CT molecular complexity index is 1790. The molecule has 0 aliphatic rings. The lowest BCUT2D eigenvalue weighted by molar-refractivity contribution is -0.126. The predicted molar refractivity (Wildman–Crippen MR) is 192 cm³/mol. The summed E-state index contributed by atoms with van der Waals surface area (Å²) in [5.74, 6) is -2.58. The van der Waals surface area contributed by atoms with Crippen LogP contribution in [0.25, 0.3) is 21.8 Å². The molecular weight excluding hydrogens is 681 g/mol. The van der Waals surface area contributed by atoms with Crippen molar-refractivity contribution in [2.75, 3.05) is 13.1 Å². The number of amides is 6. The van der Waals surface area contributed by atoms with Gasteiger partial charge in [0.1, 0.15) is 12.1 Å². The standard InChI is InChI=1S/C34H38N8O6S2/c1-19(43)41-25(31(35)45)9-5-17-39-33(47)23-11-13-27(29-21(23)7-3-15-37-29)49-50-28-14-12-24(22-8-4-16-38-30(22)28)34(48)40-18-6-10-26(32(36)46)42-20(2)44/h3-4,7-8,11-16,25-26H,5-6,9-10,17-18H2,1-2H3,(H2,35,45)(H2,36,46)(H,39,47)(H,40,48)(H,41,43)(H,42,44)/t25-,26-/m0/s1. The fourth-order valence-corrected chi connectivity index (χ4v) is 7.44. The summed E-state index contributed by atoms with van der Waals surface area (Å²) in [5, 5.41) is 12.1. The second-order valence-corrected chi connectivity index (χ2v) is 13.5. The molecule has 0 saturated heterocycles. The summed E-state index contributed by atoms with van der Waals surface area (Å²) in [6, 6.07) is 12.7. The minimum Gasteiger partial charge on any atom is -0.368 e. The van der Waals surface area contributed by atoms with Crippen LogP contribution in [0.5, 0.6) is 0 Å². The largest absolute Gasteiger partial charge is 0.368 e. The summed E-state index contributed by atoms with van der Waals surface area (Å²) in [6.07, 6.45) is 4.75. The van der Waals surface area contributed by atoms with E-state index in [1.807, 2.05) is 24.3 Å². The molecule has 2 aromatic carbocycles. The zero-order valence-electron chi connectivity index (χ0n) is 27.5. The molecule has 0 aliphatic carbocycles. The highest BCUT2D eigenvalue weighted by molar-refractivity contribution is 8.76. The van der Waals surface area contributed by atoms with Crippen molar-refractivity contribution in [3.63, 3.8) is 0 Å². The number of nitrogens with two attached hydrogens (primary N) is 2. The van der Waals surface area contributed by atoms with Crippen molar-refractivity contribution in [2.24, 2.45) is 11.5 Å². The van der Waals surface area contributed by atoms with E-state index in [0.717, 1.165) is 9.79 Å². The van der Waals surface area contributed by atoms with Gasteiger partial charge in [0, 0.05) is 71.0 Å². The van der Waals surface area contributed by atoms with Crippen LogP contribution in [0.15, 0.2) is 70.7 Å². The van der Waals surface area contributed by atoms with Crippen LogP contribution in [-0.2, 0) is 19.2 Å². The van der Waals surface area contributed by atoms with Gasteiger partial charge in [0.15, 0.2) is 0 Å². The molecular formula is C34H38N8O6S2. The van der Waals surface area contributed by atoms with E-state index in [4.69, 9.17) is 11.5 Å². The van der Waals surface area contributed by atoms with Crippen LogP contribution in [0, 0.1) is 0 Å². The summed E-state index contributed by atoms with van der Waals surface area (Å²) in [7, 11) is 2.89. The molecule has 6 amide bonds. The van der Waals surface area contributed by atoms with Gasteiger partial charge in [-0.15, -0.1) is 0 Å². The number of carbonyl (C=O) groups excluding carboxylic acids is 6. The number of carbonyl (C=O) groups is 6. The lowest BCUT2D eigenvalue weighted by atomic mass is 10.1. The molecule has 262 valence electrons. The van der Waals surface area contributed by atoms with Gasteiger partial charge in [0.05, 0.1) is 11.0 Å². The molecule has 4 rings (SSSR count). The number of benzene rings is 2. The molecule has 0 fully saturated rings. The minimum absolute atomic E-state index is 0.277. The van der Waals surface area contributed by atoms with Crippen molar-refractivity contribution in [2.45, 2.75) is 61.4 Å². The van der Waals surface area contributed by atoms with Crippen molar-refractivity contribution in [3.05, 3.63) is 72.1 Å². The molecule has 0 unspecified atom stereocenters. The lowest BCUT2D eigenvalue weighted by Gasteiger charge is -2.15. The molecule has 50 heavy (non-hydrogen) atoms. The Labute approximate surface area is 296 Å². The zero-order chi connectivity index (χ0) is 36.2. The van der Waals surface area contributed by atoms with Crippen molar-refractivity contribution in [3.8, 4) is 0 Å². The fraction of sp³-hybridized carbons (Fsp3) is 0.294. The normalized spacial score (nSPS) is 12.1. The van der Waals surface area contributed by atoms with Crippen LogP contribution in [0.2, 0.25) is 0 Å². The smallest absolute Gasteiger partial charge is 0.251 e. The second kappa shape index (κ2) is 18.0. The highest BCUT2D eigenvalue weighted by atomic mass is 33.1. The van der Waals surface area contributed by atoms with Crippen LogP contribution < -0.4 is 32.7 Å². The third kappa shape index (κ3) is 10.1. The minimum atomic E-state index is -0.805. The molecule has 2 atom stereocenters. The molecule has 0 saturated carbocycles. The zero-order valence-corrected chi connectivity index (χ0v) is 29.1. The molecule has 2 heterocycles. The summed E-state index contributed by atoms with van der Waals surface area (Å²) in [4.78, 5) is 82.8. The van der Waals surface area contributed by atoms with Gasteiger partial charge in [0.25, 0.3) is 11.8 Å². The number of primary amides is 2. The van der Waals surface area contributed by atoms with E-state index < -0.39 is 23.9 Å². The van der Waals surface area contributed by atoms with Crippen LogP contribution in [-0.4, -0.2) is 70.6 Å². The number of nitrogens with zero attached hydrogens (tertiary/aromatic N) is 2. The molecule has 8 N–H and O–H groups in total. The Hall–Kier alpha value is -5.22. The monoisotopic (exact) mass is 718 g/mol. The van der Waals surface area contributed by atoms with Crippen LogP contribution in [0.3, 0.4) is 0 Å². The first-order valence-electron chi connectivity index (χ1n) is 15.8. The Kier molecular flexibility index (Phi) is 13.5. The number of nitrogens with one attached hydrogen (secondary N) is 4. The van der Waals surface area contributed by atoms with E-state index in [0.29, 0.717) is 58.6 Å². The average Bonchev–Trinajstić information content (AvgIpc) is 3.08. The Morgan fingerprint density at radius 1 is 0.640 bits per heavy atom. The maximum Gasteiger partial charge on any atom is 0.251 e. The van der Waals surface area contributed by atoms with E-state index >= 15 is 0 Å². The van der Waals surface area contributed by atoms with Gasteiger partial charge < -0.3 is 32.7 Å². The number of rotatable bonds is 17. The van der Waals surface area contributed by atoms with Gasteiger partial charge in [-0.25, -0.2) is 0 Å². The Morgan fingerprint density at radius 3 is 1.40 bits per heavy atom. The molecule has 0 aliphatic heterocycles.